The summed E-state index contributed by atoms with van der Waals surface area (Å²) in [6.07, 6.45) is 2.97. The van der Waals surface area contributed by atoms with Gasteiger partial charge in [-0.25, -0.2) is 8.78 Å². The van der Waals surface area contributed by atoms with Crippen molar-refractivity contribution < 1.29 is 18.5 Å². The fraction of sp³-hybridized carbons (Fsp3) is 0. The Morgan fingerprint density at radius 1 is 1.11 bits per heavy atom. The zero-order valence-corrected chi connectivity index (χ0v) is 14.2. The summed E-state index contributed by atoms with van der Waals surface area (Å²) in [5.41, 5.74) is 0.549. The largest absolute Gasteiger partial charge is 0.317 e. The third kappa shape index (κ3) is 3.68. The van der Waals surface area contributed by atoms with Crippen LogP contribution in [0.5, 0.6) is 0 Å². The van der Waals surface area contributed by atoms with Crippen LogP contribution in [-0.4, -0.2) is 15.3 Å². The van der Waals surface area contributed by atoms with Crippen LogP contribution in [0.3, 0.4) is 0 Å². The van der Waals surface area contributed by atoms with E-state index < -0.39 is 22.3 Å². The zero-order chi connectivity index (χ0) is 20.3. The summed E-state index contributed by atoms with van der Waals surface area (Å²) in [6.45, 7) is 0. The normalized spacial score (nSPS) is 11.1. The maximum Gasteiger partial charge on any atom is 0.269 e. The van der Waals surface area contributed by atoms with Gasteiger partial charge in [-0.15, -0.1) is 0 Å². The smallest absolute Gasteiger partial charge is 0.269 e. The topological polar surface area (TPSA) is 88.9 Å². The van der Waals surface area contributed by atoms with Crippen LogP contribution < -0.4 is 0 Å². The van der Waals surface area contributed by atoms with Gasteiger partial charge in [-0.3, -0.25) is 14.9 Å². The number of ketones is 1. The lowest BCUT2D eigenvalue weighted by Crippen LogP contribution is -2.04. The minimum absolute atomic E-state index is 0.0702. The Morgan fingerprint density at radius 2 is 1.82 bits per heavy atom. The number of aromatic nitrogens is 1. The summed E-state index contributed by atoms with van der Waals surface area (Å²) in [7, 11) is 0. The molecule has 0 saturated heterocycles. The van der Waals surface area contributed by atoms with Gasteiger partial charge in [-0.1, -0.05) is 0 Å². The quantitative estimate of drug-likeness (QED) is 0.215. The molecule has 0 aliphatic carbocycles. The maximum atomic E-state index is 13.4. The number of allylic oxidation sites excluding steroid dienone is 1. The molecule has 0 amide bonds. The second kappa shape index (κ2) is 7.63. The highest BCUT2D eigenvalue weighted by Gasteiger charge is 2.16. The van der Waals surface area contributed by atoms with Gasteiger partial charge in [0.05, 0.1) is 4.92 Å². The van der Waals surface area contributed by atoms with Gasteiger partial charge in [0.1, 0.15) is 11.6 Å². The number of nitrogens with zero attached hydrogens (tertiary/aromatic N) is 3. The standard InChI is InChI=1S/C20H11F2N3O3/c21-18-8-3-13(11-19(18)22)20(26)14(12-23)10-17-2-1-9-24(17)15-4-6-16(7-5-15)25(27)28/h1-11H/b14-10+. The first kappa shape index (κ1) is 18.7. The first-order valence-electron chi connectivity index (χ1n) is 7.94. The number of rotatable bonds is 5. The molecule has 28 heavy (non-hydrogen) atoms. The summed E-state index contributed by atoms with van der Waals surface area (Å²) in [5, 5.41) is 20.1. The molecule has 0 bridgehead atoms. The fourth-order valence-electron chi connectivity index (χ4n) is 2.57. The molecule has 3 aromatic rings. The van der Waals surface area contributed by atoms with Crippen LogP contribution in [0, 0.1) is 33.1 Å². The van der Waals surface area contributed by atoms with E-state index in [9.17, 15) is 29.0 Å². The lowest BCUT2D eigenvalue weighted by Gasteiger charge is -2.07. The number of non-ortho nitro benzene ring substituents is 1. The van der Waals surface area contributed by atoms with E-state index in [0.717, 1.165) is 18.2 Å². The Morgan fingerprint density at radius 3 is 2.43 bits per heavy atom. The van der Waals surface area contributed by atoms with Gasteiger partial charge in [-0.2, -0.15) is 5.26 Å². The third-order valence-corrected chi connectivity index (χ3v) is 3.96. The van der Waals surface area contributed by atoms with Crippen molar-refractivity contribution in [2.24, 2.45) is 0 Å². The van der Waals surface area contributed by atoms with Crippen molar-refractivity contribution in [1.82, 2.24) is 4.57 Å². The number of Topliss-reactive ketones (excluding diaryl/α,β-unsaturated/α-hetero) is 1. The van der Waals surface area contributed by atoms with E-state index >= 15 is 0 Å². The van der Waals surface area contributed by atoms with Crippen molar-refractivity contribution in [3.63, 3.8) is 0 Å². The molecule has 0 N–H and O–H groups in total. The molecular weight excluding hydrogens is 368 g/mol. The predicted octanol–water partition coefficient (Wildman–Crippen LogP) is 4.45. The number of benzene rings is 2. The highest BCUT2D eigenvalue weighted by molar-refractivity contribution is 6.13. The Labute approximate surface area is 157 Å². The molecule has 0 atom stereocenters. The minimum Gasteiger partial charge on any atom is -0.317 e. The van der Waals surface area contributed by atoms with E-state index in [1.165, 1.54) is 30.3 Å². The molecule has 0 aliphatic heterocycles. The summed E-state index contributed by atoms with van der Waals surface area (Å²) in [5.74, 6) is -3.03. The van der Waals surface area contributed by atoms with Crippen molar-refractivity contribution in [2.45, 2.75) is 0 Å². The number of carbonyl (C=O) groups excluding carboxylic acids is 1. The van der Waals surface area contributed by atoms with E-state index in [2.05, 4.69) is 0 Å². The van der Waals surface area contributed by atoms with Crippen LogP contribution in [-0.2, 0) is 0 Å². The summed E-state index contributed by atoms with van der Waals surface area (Å²) < 4.78 is 28.1. The molecule has 1 aromatic heterocycles. The van der Waals surface area contributed by atoms with Crippen LogP contribution in [0.4, 0.5) is 14.5 Å². The summed E-state index contributed by atoms with van der Waals surface area (Å²) in [4.78, 5) is 22.7. The molecule has 0 spiro atoms. The minimum atomic E-state index is -1.18. The van der Waals surface area contributed by atoms with Crippen molar-refractivity contribution >= 4 is 17.5 Å². The zero-order valence-electron chi connectivity index (χ0n) is 14.2. The molecule has 6 nitrogen and oxygen atoms in total. The van der Waals surface area contributed by atoms with Gasteiger partial charge in [0, 0.05) is 35.3 Å². The van der Waals surface area contributed by atoms with Crippen molar-refractivity contribution in [3.8, 4) is 11.8 Å². The van der Waals surface area contributed by atoms with Gasteiger partial charge >= 0.3 is 0 Å². The molecule has 138 valence electrons. The highest BCUT2D eigenvalue weighted by Crippen LogP contribution is 2.20. The predicted molar refractivity (Wildman–Crippen MR) is 96.7 cm³/mol. The van der Waals surface area contributed by atoms with E-state index in [0.29, 0.717) is 11.4 Å². The lowest BCUT2D eigenvalue weighted by atomic mass is 10.0. The Balaban J connectivity index is 1.97. The third-order valence-electron chi connectivity index (χ3n) is 3.96. The number of hydrogen-bond donors (Lipinski definition) is 0. The molecule has 0 radical (unpaired) electrons. The summed E-state index contributed by atoms with van der Waals surface area (Å²) in [6, 6.07) is 13.4. The van der Waals surface area contributed by atoms with E-state index in [-0.39, 0.29) is 16.8 Å². The number of nitro benzene ring substituents is 1. The molecule has 2 aromatic carbocycles. The van der Waals surface area contributed by atoms with Crippen molar-refractivity contribution in [2.75, 3.05) is 0 Å². The number of carbonyl (C=O) groups is 1. The van der Waals surface area contributed by atoms with Crippen LogP contribution in [0.1, 0.15) is 16.1 Å². The van der Waals surface area contributed by atoms with Gasteiger partial charge in [-0.05, 0) is 48.5 Å². The van der Waals surface area contributed by atoms with Crippen LogP contribution >= 0.6 is 0 Å². The molecule has 1 heterocycles. The first-order valence-corrected chi connectivity index (χ1v) is 7.94. The van der Waals surface area contributed by atoms with Crippen molar-refractivity contribution in [3.05, 3.63) is 99.4 Å². The van der Waals surface area contributed by atoms with Crippen molar-refractivity contribution in [1.29, 1.82) is 5.26 Å². The van der Waals surface area contributed by atoms with Gasteiger partial charge < -0.3 is 4.57 Å². The number of nitriles is 1. The molecular formula is C20H11F2N3O3. The maximum absolute atomic E-state index is 13.4. The Bertz CT molecular complexity index is 1140. The van der Waals surface area contributed by atoms with Gasteiger partial charge in [0.25, 0.3) is 5.69 Å². The highest BCUT2D eigenvalue weighted by atomic mass is 19.2. The Hall–Kier alpha value is -4.12. The molecule has 8 heteroatoms. The number of nitro groups is 1. The second-order valence-corrected chi connectivity index (χ2v) is 5.70. The molecule has 3 rings (SSSR count). The van der Waals surface area contributed by atoms with Crippen LogP contribution in [0.15, 0.2) is 66.4 Å². The molecule has 0 saturated carbocycles. The van der Waals surface area contributed by atoms with E-state index in [1.54, 1.807) is 29.0 Å². The lowest BCUT2D eigenvalue weighted by molar-refractivity contribution is -0.384. The number of halogens is 2. The first-order chi connectivity index (χ1) is 13.4. The molecule has 0 aliphatic rings. The second-order valence-electron chi connectivity index (χ2n) is 5.70. The van der Waals surface area contributed by atoms with Crippen LogP contribution in [0.25, 0.3) is 11.8 Å². The monoisotopic (exact) mass is 379 g/mol. The van der Waals surface area contributed by atoms with Crippen LogP contribution in [0.2, 0.25) is 0 Å². The molecule has 0 fully saturated rings. The average Bonchev–Trinajstić information content (AvgIpc) is 3.16. The van der Waals surface area contributed by atoms with Gasteiger partial charge in [0.2, 0.25) is 5.78 Å². The SMILES string of the molecule is N#C/C(=C\c1cccn1-c1ccc([N+](=O)[O-])cc1)C(=O)c1ccc(F)c(F)c1. The van der Waals surface area contributed by atoms with E-state index in [4.69, 9.17) is 0 Å². The Kier molecular flexibility index (Phi) is 5.09. The molecule has 0 unspecified atom stereocenters. The van der Waals surface area contributed by atoms with Gasteiger partial charge in [0.15, 0.2) is 11.6 Å². The van der Waals surface area contributed by atoms with E-state index in [1.807, 2.05) is 0 Å². The summed E-state index contributed by atoms with van der Waals surface area (Å²) >= 11 is 0. The fourth-order valence-corrected chi connectivity index (χ4v) is 2.57. The average molecular weight is 379 g/mol. The number of hydrogen-bond acceptors (Lipinski definition) is 4.